The Morgan fingerprint density at radius 3 is 1.37 bits per heavy atom. The molecule has 0 aliphatic heterocycles. The fourth-order valence-electron chi connectivity index (χ4n) is 8.72. The van der Waals surface area contributed by atoms with Gasteiger partial charge in [0.05, 0.1) is 11.0 Å². The molecule has 8 nitrogen and oxygen atoms in total. The summed E-state index contributed by atoms with van der Waals surface area (Å²) in [4.78, 5) is 24.8. The molecule has 13 rings (SSSR count). The van der Waals surface area contributed by atoms with Crippen LogP contribution in [0.1, 0.15) is 0 Å². The summed E-state index contributed by atoms with van der Waals surface area (Å²) in [6.45, 7) is 0. The summed E-state index contributed by atoms with van der Waals surface area (Å²) in [6.07, 6.45) is 0. The van der Waals surface area contributed by atoms with Crippen LogP contribution >= 0.6 is 0 Å². The maximum Gasteiger partial charge on any atom is 0.227 e. The van der Waals surface area contributed by atoms with Gasteiger partial charge in [-0.15, -0.1) is 0 Å². The Morgan fingerprint density at radius 2 is 0.778 bits per heavy atom. The molecule has 8 heteroatoms. The molecule has 0 amide bonds. The third-order valence-corrected chi connectivity index (χ3v) is 11.9. The second-order valence-corrected chi connectivity index (χ2v) is 15.7. The Bertz CT molecular complexity index is 3720. The molecule has 63 heavy (non-hydrogen) atoms. The van der Waals surface area contributed by atoms with E-state index in [1.165, 1.54) is 21.5 Å². The van der Waals surface area contributed by atoms with Crippen LogP contribution in [0.5, 0.6) is 0 Å². The fourth-order valence-corrected chi connectivity index (χ4v) is 8.72. The van der Waals surface area contributed by atoms with Crippen LogP contribution in [0.3, 0.4) is 0 Å². The van der Waals surface area contributed by atoms with E-state index in [4.69, 9.17) is 33.8 Å². The van der Waals surface area contributed by atoms with E-state index in [1.807, 2.05) is 97.1 Å². The van der Waals surface area contributed by atoms with E-state index >= 15 is 0 Å². The molecule has 4 heterocycles. The van der Waals surface area contributed by atoms with Gasteiger partial charge in [0.25, 0.3) is 0 Å². The Morgan fingerprint density at radius 1 is 0.317 bits per heavy atom. The Hall–Kier alpha value is -8.75. The summed E-state index contributed by atoms with van der Waals surface area (Å²) in [5, 5.41) is 7.02. The summed E-state index contributed by atoms with van der Waals surface area (Å²) in [6, 6.07) is 66.4. The van der Waals surface area contributed by atoms with Crippen LogP contribution < -0.4 is 0 Å². The first kappa shape index (κ1) is 35.0. The van der Waals surface area contributed by atoms with Gasteiger partial charge in [-0.05, 0) is 113 Å². The lowest BCUT2D eigenvalue weighted by Crippen LogP contribution is -2.00. The molecule has 0 spiro atoms. The molecular formula is C55H32N6O2. The van der Waals surface area contributed by atoms with Gasteiger partial charge in [0.1, 0.15) is 11.0 Å². The van der Waals surface area contributed by atoms with E-state index < -0.39 is 0 Å². The quantitative estimate of drug-likeness (QED) is 0.165. The third kappa shape index (κ3) is 5.96. The van der Waals surface area contributed by atoms with Gasteiger partial charge in [-0.3, -0.25) is 0 Å². The third-order valence-electron chi connectivity index (χ3n) is 11.9. The van der Waals surface area contributed by atoms with Crippen LogP contribution in [0.4, 0.5) is 0 Å². The molecule has 0 aliphatic carbocycles. The van der Waals surface area contributed by atoms with Gasteiger partial charge >= 0.3 is 0 Å². The highest BCUT2D eigenvalue weighted by Gasteiger charge is 2.19. The second kappa shape index (κ2) is 13.9. The highest BCUT2D eigenvalue weighted by molar-refractivity contribution is 6.14. The molecule has 0 fully saturated rings. The topological polar surface area (TPSA) is 95.7 Å². The van der Waals surface area contributed by atoms with Crippen molar-refractivity contribution in [3.63, 3.8) is 0 Å². The maximum atomic E-state index is 6.09. The first-order valence-electron chi connectivity index (χ1n) is 20.8. The second-order valence-electron chi connectivity index (χ2n) is 15.7. The summed E-state index contributed by atoms with van der Waals surface area (Å²) < 4.78 is 14.5. The number of nitrogens with zero attached hydrogens (tertiary/aromatic N) is 6. The smallest absolute Gasteiger partial charge is 0.227 e. The van der Waals surface area contributed by atoms with Crippen molar-refractivity contribution in [3.8, 4) is 62.8 Å². The maximum absolute atomic E-state index is 6.09. The molecule has 0 aliphatic rings. The van der Waals surface area contributed by atoms with Crippen LogP contribution in [-0.2, 0) is 0 Å². The Labute approximate surface area is 359 Å². The highest BCUT2D eigenvalue weighted by Crippen LogP contribution is 2.38. The van der Waals surface area contributed by atoms with Crippen LogP contribution in [0, 0.1) is 0 Å². The highest BCUT2D eigenvalue weighted by atomic mass is 16.4. The minimum Gasteiger partial charge on any atom is -0.436 e. The zero-order valence-corrected chi connectivity index (χ0v) is 33.5. The number of para-hydroxylation sites is 4. The molecule has 294 valence electrons. The number of hydrogen-bond donors (Lipinski definition) is 0. The van der Waals surface area contributed by atoms with Crippen molar-refractivity contribution in [2.75, 3.05) is 0 Å². The van der Waals surface area contributed by atoms with Gasteiger partial charge in [-0.25, -0.2) is 24.9 Å². The molecule has 0 atom stereocenters. The van der Waals surface area contributed by atoms with E-state index in [0.29, 0.717) is 29.3 Å². The van der Waals surface area contributed by atoms with Gasteiger partial charge in [-0.1, -0.05) is 103 Å². The SMILES string of the molecule is c1ccc2cc(-n3c4ccc(-c5nc(-c6ccc(-c7nc8ccccc8o7)cc6)nc(-c6ccc(-c7nc8ccccc8o7)cc6)n5)cc4c4cc5ccccc5cc43)ccc2c1. The lowest BCUT2D eigenvalue weighted by Gasteiger charge is -2.11. The molecule has 13 aromatic rings. The fraction of sp³-hybridized carbons (Fsp3) is 0. The zero-order chi connectivity index (χ0) is 41.4. The Balaban J connectivity index is 0.968. The Kier molecular flexibility index (Phi) is 7.74. The molecule has 4 aromatic heterocycles. The minimum atomic E-state index is 0.548. The van der Waals surface area contributed by atoms with Gasteiger partial charge < -0.3 is 13.4 Å². The van der Waals surface area contributed by atoms with Gasteiger partial charge in [0.15, 0.2) is 28.6 Å². The van der Waals surface area contributed by atoms with Gasteiger partial charge in [0.2, 0.25) is 11.8 Å². The van der Waals surface area contributed by atoms with Crippen molar-refractivity contribution in [3.05, 3.63) is 194 Å². The van der Waals surface area contributed by atoms with Crippen LogP contribution in [0.2, 0.25) is 0 Å². The molecule has 0 N–H and O–H groups in total. The van der Waals surface area contributed by atoms with Gasteiger partial charge in [0, 0.05) is 44.3 Å². The number of oxazole rings is 2. The van der Waals surface area contributed by atoms with E-state index in [1.54, 1.807) is 0 Å². The summed E-state index contributed by atoms with van der Waals surface area (Å²) in [7, 11) is 0. The standard InChI is InChI=1S/C55H32N6O2/c1-2-10-38-29-42(27-25-33(38)9-1)61-47-28-26-41(31-43(47)44-30-39-11-3-4-12-40(39)32-48(44)61)53-59-51(34-17-21-36(22-18-34)54-56-45-13-5-7-15-49(45)62-54)58-52(60-53)35-19-23-37(24-20-35)55-57-46-14-6-8-16-50(46)63-55/h1-32H. The predicted molar refractivity (Wildman–Crippen MR) is 251 cm³/mol. The predicted octanol–water partition coefficient (Wildman–Crippen LogP) is 13.9. The molecular weight excluding hydrogens is 777 g/mol. The van der Waals surface area contributed by atoms with Crippen LogP contribution in [0.15, 0.2) is 203 Å². The lowest BCUT2D eigenvalue weighted by atomic mass is 10.0. The summed E-state index contributed by atoms with van der Waals surface area (Å²) in [5.41, 5.74) is 10.7. The van der Waals surface area contributed by atoms with Crippen molar-refractivity contribution in [1.82, 2.24) is 29.5 Å². The van der Waals surface area contributed by atoms with Gasteiger partial charge in [-0.2, -0.15) is 0 Å². The molecule has 0 bridgehead atoms. The molecule has 0 radical (unpaired) electrons. The van der Waals surface area contributed by atoms with Crippen molar-refractivity contribution >= 4 is 65.6 Å². The number of fused-ring (bicyclic) bond motifs is 7. The normalized spacial score (nSPS) is 11.8. The zero-order valence-electron chi connectivity index (χ0n) is 33.5. The number of aromatic nitrogens is 6. The largest absolute Gasteiger partial charge is 0.436 e. The van der Waals surface area contributed by atoms with Crippen molar-refractivity contribution < 1.29 is 8.83 Å². The van der Waals surface area contributed by atoms with E-state index in [9.17, 15) is 0 Å². The van der Waals surface area contributed by atoms with Crippen molar-refractivity contribution in [2.24, 2.45) is 0 Å². The lowest BCUT2D eigenvalue weighted by molar-refractivity contribution is 0.619. The average molecular weight is 809 g/mol. The molecule has 0 saturated carbocycles. The van der Waals surface area contributed by atoms with E-state index in [0.717, 1.165) is 77.5 Å². The molecule has 9 aromatic carbocycles. The monoisotopic (exact) mass is 808 g/mol. The number of hydrogen-bond acceptors (Lipinski definition) is 7. The average Bonchev–Trinajstić information content (AvgIpc) is 4.07. The summed E-state index contributed by atoms with van der Waals surface area (Å²) in [5.74, 6) is 2.78. The van der Waals surface area contributed by atoms with Crippen LogP contribution in [0.25, 0.3) is 128 Å². The number of rotatable bonds is 6. The van der Waals surface area contributed by atoms with E-state index in [-0.39, 0.29) is 0 Å². The first-order chi connectivity index (χ1) is 31.1. The van der Waals surface area contributed by atoms with E-state index in [2.05, 4.69) is 102 Å². The molecule has 0 saturated heterocycles. The number of benzene rings is 9. The molecule has 0 unspecified atom stereocenters. The van der Waals surface area contributed by atoms with Crippen molar-refractivity contribution in [2.45, 2.75) is 0 Å². The summed E-state index contributed by atoms with van der Waals surface area (Å²) >= 11 is 0. The van der Waals surface area contributed by atoms with Crippen LogP contribution in [-0.4, -0.2) is 29.5 Å². The van der Waals surface area contributed by atoms with Crippen molar-refractivity contribution in [1.29, 1.82) is 0 Å². The first-order valence-corrected chi connectivity index (χ1v) is 20.8. The minimum absolute atomic E-state index is 0.548.